The van der Waals surface area contributed by atoms with Crippen LogP contribution >= 0.6 is 11.8 Å². The molecule has 0 aromatic heterocycles. The monoisotopic (exact) mass is 238 g/mol. The van der Waals surface area contributed by atoms with Gasteiger partial charge in [0, 0.05) is 4.90 Å². The molecule has 0 saturated carbocycles. The molecular weight excluding hydrogens is 220 g/mol. The van der Waals surface area contributed by atoms with Crippen molar-refractivity contribution in [2.45, 2.75) is 43.3 Å². The van der Waals surface area contributed by atoms with Crippen molar-refractivity contribution in [2.24, 2.45) is 0 Å². The van der Waals surface area contributed by atoms with E-state index in [-0.39, 0.29) is 5.25 Å². The summed E-state index contributed by atoms with van der Waals surface area (Å²) in [5.74, 6) is -0.221. The Balaban J connectivity index is 2.71. The molecule has 1 atom stereocenters. The molecule has 16 heavy (non-hydrogen) atoms. The predicted octanol–water partition coefficient (Wildman–Crippen LogP) is 3.77. The van der Waals surface area contributed by atoms with Crippen LogP contribution in [0.1, 0.15) is 38.7 Å². The number of carboxylic acids is 1. The van der Waals surface area contributed by atoms with E-state index in [9.17, 15) is 4.79 Å². The van der Waals surface area contributed by atoms with Gasteiger partial charge in [-0.3, -0.25) is 4.79 Å². The standard InChI is InChI=1S/C13H18O2S/c1-4-12(13(14)15)16-11-7-5-10(6-8-11)9(2)3/h5-9,12H,4H2,1-3H3,(H,14,15). The molecule has 2 nitrogen and oxygen atoms in total. The first-order valence-electron chi connectivity index (χ1n) is 5.54. The number of hydrogen-bond acceptors (Lipinski definition) is 2. The third-order valence-electron chi connectivity index (χ3n) is 2.47. The minimum absolute atomic E-state index is 0.343. The zero-order chi connectivity index (χ0) is 12.1. The maximum atomic E-state index is 10.9. The van der Waals surface area contributed by atoms with Gasteiger partial charge in [0.2, 0.25) is 0 Å². The van der Waals surface area contributed by atoms with E-state index in [4.69, 9.17) is 5.11 Å². The number of rotatable bonds is 5. The topological polar surface area (TPSA) is 37.3 Å². The maximum Gasteiger partial charge on any atom is 0.316 e. The first-order valence-corrected chi connectivity index (χ1v) is 6.42. The predicted molar refractivity (Wildman–Crippen MR) is 68.1 cm³/mol. The van der Waals surface area contributed by atoms with Crippen molar-refractivity contribution in [3.8, 4) is 0 Å². The molecule has 3 heteroatoms. The Morgan fingerprint density at radius 1 is 1.31 bits per heavy atom. The average molecular weight is 238 g/mol. The first-order chi connectivity index (χ1) is 7.54. The average Bonchev–Trinajstić information content (AvgIpc) is 2.26. The molecule has 1 aromatic rings. The van der Waals surface area contributed by atoms with Crippen LogP contribution in [0.2, 0.25) is 0 Å². The van der Waals surface area contributed by atoms with Gasteiger partial charge in [0.15, 0.2) is 0 Å². The molecule has 0 aliphatic heterocycles. The van der Waals surface area contributed by atoms with Gasteiger partial charge in [-0.25, -0.2) is 0 Å². The summed E-state index contributed by atoms with van der Waals surface area (Å²) < 4.78 is 0. The Morgan fingerprint density at radius 2 is 1.88 bits per heavy atom. The molecule has 0 spiro atoms. The molecule has 1 rings (SSSR count). The molecule has 0 heterocycles. The van der Waals surface area contributed by atoms with Crippen molar-refractivity contribution < 1.29 is 9.90 Å². The third-order valence-corrected chi connectivity index (χ3v) is 3.84. The summed E-state index contributed by atoms with van der Waals surface area (Å²) in [5.41, 5.74) is 1.28. The second-order valence-corrected chi connectivity index (χ2v) is 5.35. The summed E-state index contributed by atoms with van der Waals surface area (Å²) in [6.45, 7) is 6.19. The molecule has 0 fully saturated rings. The summed E-state index contributed by atoms with van der Waals surface area (Å²) in [4.78, 5) is 11.9. The normalized spacial score (nSPS) is 12.8. The molecule has 88 valence electrons. The summed E-state index contributed by atoms with van der Waals surface area (Å²) in [5, 5.41) is 8.61. The SMILES string of the molecule is CCC(Sc1ccc(C(C)C)cc1)C(=O)O. The van der Waals surface area contributed by atoms with Gasteiger partial charge < -0.3 is 5.11 Å². The van der Waals surface area contributed by atoms with Gasteiger partial charge in [-0.1, -0.05) is 32.9 Å². The fourth-order valence-electron chi connectivity index (χ4n) is 1.40. The second-order valence-electron chi connectivity index (χ2n) is 4.08. The van der Waals surface area contributed by atoms with E-state index in [1.165, 1.54) is 17.3 Å². The molecule has 0 bridgehead atoms. The van der Waals surface area contributed by atoms with E-state index in [1.54, 1.807) is 0 Å². The summed E-state index contributed by atoms with van der Waals surface area (Å²) >= 11 is 1.42. The van der Waals surface area contributed by atoms with Gasteiger partial charge in [0.25, 0.3) is 0 Å². The van der Waals surface area contributed by atoms with Crippen molar-refractivity contribution >= 4 is 17.7 Å². The molecule has 0 radical (unpaired) electrons. The Morgan fingerprint density at radius 3 is 2.25 bits per heavy atom. The number of aliphatic carboxylic acids is 1. The smallest absolute Gasteiger partial charge is 0.316 e. The molecule has 0 aliphatic carbocycles. The van der Waals surface area contributed by atoms with Crippen molar-refractivity contribution in [3.05, 3.63) is 29.8 Å². The molecule has 1 N–H and O–H groups in total. The Labute approximate surface area is 101 Å². The molecule has 0 amide bonds. The van der Waals surface area contributed by atoms with Crippen molar-refractivity contribution in [2.75, 3.05) is 0 Å². The van der Waals surface area contributed by atoms with Gasteiger partial charge in [-0.15, -0.1) is 11.8 Å². The van der Waals surface area contributed by atoms with Crippen molar-refractivity contribution in [1.82, 2.24) is 0 Å². The van der Waals surface area contributed by atoms with Gasteiger partial charge in [-0.2, -0.15) is 0 Å². The number of carbonyl (C=O) groups is 1. The van der Waals surface area contributed by atoms with E-state index in [2.05, 4.69) is 26.0 Å². The summed E-state index contributed by atoms with van der Waals surface area (Å²) in [6, 6.07) is 8.15. The number of carboxylic acid groups (broad SMARTS) is 1. The lowest BCUT2D eigenvalue weighted by molar-refractivity contribution is -0.136. The lowest BCUT2D eigenvalue weighted by Crippen LogP contribution is -2.14. The molecule has 0 saturated heterocycles. The van der Waals surface area contributed by atoms with Gasteiger partial charge >= 0.3 is 5.97 Å². The minimum Gasteiger partial charge on any atom is -0.480 e. The van der Waals surface area contributed by atoms with E-state index >= 15 is 0 Å². The highest BCUT2D eigenvalue weighted by Gasteiger charge is 2.16. The molecule has 1 unspecified atom stereocenters. The van der Waals surface area contributed by atoms with E-state index in [0.29, 0.717) is 12.3 Å². The van der Waals surface area contributed by atoms with Gasteiger partial charge in [0.1, 0.15) is 5.25 Å². The highest BCUT2D eigenvalue weighted by Crippen LogP contribution is 2.27. The molecule has 1 aromatic carbocycles. The van der Waals surface area contributed by atoms with Crippen LogP contribution in [0.5, 0.6) is 0 Å². The van der Waals surface area contributed by atoms with Crippen molar-refractivity contribution in [3.63, 3.8) is 0 Å². The third kappa shape index (κ3) is 3.56. The number of hydrogen-bond donors (Lipinski definition) is 1. The highest BCUT2D eigenvalue weighted by atomic mass is 32.2. The fourth-order valence-corrected chi connectivity index (χ4v) is 2.29. The summed E-state index contributed by atoms with van der Waals surface area (Å²) in [7, 11) is 0. The number of thioether (sulfide) groups is 1. The number of benzene rings is 1. The molecule has 0 aliphatic rings. The van der Waals surface area contributed by atoms with Crippen LogP contribution in [-0.4, -0.2) is 16.3 Å². The lowest BCUT2D eigenvalue weighted by atomic mass is 10.0. The quantitative estimate of drug-likeness (QED) is 0.793. The lowest BCUT2D eigenvalue weighted by Gasteiger charge is -2.10. The van der Waals surface area contributed by atoms with Crippen LogP contribution < -0.4 is 0 Å². The van der Waals surface area contributed by atoms with Crippen LogP contribution in [0.15, 0.2) is 29.2 Å². The van der Waals surface area contributed by atoms with Gasteiger partial charge in [0.05, 0.1) is 0 Å². The summed E-state index contributed by atoms with van der Waals surface area (Å²) in [6.07, 6.45) is 0.645. The largest absolute Gasteiger partial charge is 0.480 e. The van der Waals surface area contributed by atoms with Crippen LogP contribution in [-0.2, 0) is 4.79 Å². The van der Waals surface area contributed by atoms with Crippen LogP contribution in [0.4, 0.5) is 0 Å². The Hall–Kier alpha value is -0.960. The highest BCUT2D eigenvalue weighted by molar-refractivity contribution is 8.00. The van der Waals surface area contributed by atoms with Crippen LogP contribution in [0.3, 0.4) is 0 Å². The Bertz CT molecular complexity index is 343. The fraction of sp³-hybridized carbons (Fsp3) is 0.462. The minimum atomic E-state index is -0.736. The van der Waals surface area contributed by atoms with Crippen molar-refractivity contribution in [1.29, 1.82) is 0 Å². The first kappa shape index (κ1) is 13.1. The zero-order valence-electron chi connectivity index (χ0n) is 9.93. The van der Waals surface area contributed by atoms with E-state index < -0.39 is 5.97 Å². The molecular formula is C13H18O2S. The Kier molecular flexibility index (Phi) is 4.87. The maximum absolute atomic E-state index is 10.9. The van der Waals surface area contributed by atoms with Gasteiger partial charge in [-0.05, 0) is 30.0 Å². The second kappa shape index (κ2) is 5.94. The van der Waals surface area contributed by atoms with E-state index in [1.807, 2.05) is 19.1 Å². The van der Waals surface area contributed by atoms with E-state index in [0.717, 1.165) is 4.90 Å². The van der Waals surface area contributed by atoms with Crippen LogP contribution in [0, 0.1) is 0 Å². The zero-order valence-corrected chi connectivity index (χ0v) is 10.8. The van der Waals surface area contributed by atoms with Crippen LogP contribution in [0.25, 0.3) is 0 Å².